The number of aliphatic carboxylic acids is 2. The summed E-state index contributed by atoms with van der Waals surface area (Å²) in [6.45, 7) is 26.1. The van der Waals surface area contributed by atoms with Crippen LogP contribution in [0.3, 0.4) is 0 Å². The molecule has 0 aliphatic carbocycles. The Morgan fingerprint density at radius 1 is 0.575 bits per heavy atom. The number of carboxylic acids is 2. The van der Waals surface area contributed by atoms with Crippen LogP contribution in [0.4, 0.5) is 0 Å². The van der Waals surface area contributed by atoms with Gasteiger partial charge in [-0.15, -0.1) is 43.9 Å². The van der Waals surface area contributed by atoms with E-state index in [0.29, 0.717) is 0 Å². The lowest BCUT2D eigenvalue weighted by molar-refractivity contribution is -0.154. The topological polar surface area (TPSA) is 367 Å². The highest BCUT2D eigenvalue weighted by Crippen LogP contribution is 2.24. The quantitative estimate of drug-likeness (QED) is 0.0271. The monoisotopic (exact) mass is 1310 g/mol. The number of Topliss-reactive ketones (excluding diaryl/α,β-unsaturated/α-hetero) is 1. The Hall–Kier alpha value is -5.71. The maximum Gasteiger partial charge on any atom is 0.309 e. The molecule has 0 bridgehead atoms. The summed E-state index contributed by atoms with van der Waals surface area (Å²) in [4.78, 5) is 92.4. The molecule has 0 aliphatic heterocycles. The van der Waals surface area contributed by atoms with Crippen LogP contribution in [0.25, 0.3) is 0 Å². The number of aryl methyl sites for hydroxylation is 2. The van der Waals surface area contributed by atoms with E-state index in [1.807, 2.05) is 98.2 Å². The van der Waals surface area contributed by atoms with Crippen molar-refractivity contribution in [1.82, 2.24) is 40.2 Å². The number of aldehydes is 1. The van der Waals surface area contributed by atoms with E-state index in [9.17, 15) is 33.6 Å². The first kappa shape index (κ1) is 123. The van der Waals surface area contributed by atoms with Gasteiger partial charge in [-0.1, -0.05) is 127 Å². The molecule has 524 valence electrons. The summed E-state index contributed by atoms with van der Waals surface area (Å²) in [5.74, 6) is -2.64. The third kappa shape index (κ3) is 63.1. The normalized spacial score (nSPS) is 11.6. The van der Waals surface area contributed by atoms with Gasteiger partial charge in [0.25, 0.3) is 0 Å². The zero-order chi connectivity index (χ0) is 64.5. The Bertz CT molecular complexity index is 2040. The summed E-state index contributed by atoms with van der Waals surface area (Å²) in [6.07, 6.45) is 4.78. The number of amides is 1. The molecular weight excluding hydrogens is 1180 g/mol. The van der Waals surface area contributed by atoms with Gasteiger partial charge in [0, 0.05) is 67.0 Å². The van der Waals surface area contributed by atoms with Crippen molar-refractivity contribution in [2.45, 2.75) is 175 Å². The SMILES string of the molecule is C.C.C.C.C.C.C.C.CC=O.CN.CN=C(C)SC.CN=C(C)SC.CNC(C)=O.CNC(C)=S.COC(=O)C(C)C(C)C(=O)CN.COC(=O)C(C)C(C)C(=O)O.COC(=O)C(C)C(C)c1nnc(C)n1C.Cc1nnc(C(C)C(C)C(=O)O)n1C. The Morgan fingerprint density at radius 2 is 0.816 bits per heavy atom. The van der Waals surface area contributed by atoms with E-state index in [4.69, 9.17) is 25.5 Å². The molecule has 8 atom stereocenters. The number of nitrogens with zero attached hydrogens (tertiary/aromatic N) is 8. The van der Waals surface area contributed by atoms with E-state index in [1.165, 1.54) is 56.1 Å². The van der Waals surface area contributed by atoms with Gasteiger partial charge in [-0.25, -0.2) is 0 Å². The number of hydrogen-bond donors (Lipinski definition) is 6. The molecule has 2 heterocycles. The fourth-order valence-corrected chi connectivity index (χ4v) is 4.70. The second-order valence-corrected chi connectivity index (χ2v) is 18.9. The highest BCUT2D eigenvalue weighted by Gasteiger charge is 2.28. The summed E-state index contributed by atoms with van der Waals surface area (Å²) < 4.78 is 17.3. The first-order valence-corrected chi connectivity index (χ1v) is 27.3. The van der Waals surface area contributed by atoms with Crippen molar-refractivity contribution >= 4 is 98.6 Å². The van der Waals surface area contributed by atoms with Crippen LogP contribution in [0.5, 0.6) is 0 Å². The fraction of sp³-hybridized carbons (Fsp3) is 0.746. The van der Waals surface area contributed by atoms with Crippen molar-refractivity contribution < 1.29 is 62.8 Å². The van der Waals surface area contributed by atoms with Crippen molar-refractivity contribution in [3.63, 3.8) is 0 Å². The Labute approximate surface area is 544 Å². The largest absolute Gasteiger partial charge is 0.481 e. The predicted molar refractivity (Wildman–Crippen MR) is 377 cm³/mol. The van der Waals surface area contributed by atoms with Crippen molar-refractivity contribution in [2.75, 3.05) is 75.6 Å². The minimum atomic E-state index is -0.983. The van der Waals surface area contributed by atoms with Crippen LogP contribution in [-0.4, -0.2) is 178 Å². The zero-order valence-electron chi connectivity index (χ0n) is 52.2. The fourth-order valence-electron chi connectivity index (χ4n) is 4.33. The second kappa shape index (κ2) is 76.4. The highest BCUT2D eigenvalue weighted by atomic mass is 32.2. The molecule has 0 fully saturated rings. The molecule has 28 heteroatoms. The van der Waals surface area contributed by atoms with Gasteiger partial charge in [0.05, 0.1) is 72.5 Å². The molecule has 0 radical (unpaired) electrons. The summed E-state index contributed by atoms with van der Waals surface area (Å²) in [5.41, 5.74) is 9.65. The van der Waals surface area contributed by atoms with Gasteiger partial charge in [0.15, 0.2) is 0 Å². The summed E-state index contributed by atoms with van der Waals surface area (Å²) in [6, 6.07) is 0. The minimum absolute atomic E-state index is 0. The summed E-state index contributed by atoms with van der Waals surface area (Å²) in [7, 11) is 16.2. The standard InChI is InChI=1S/C10H17N3O2.C9H15N3O2.C8H15NO3.C7H12O4.2C4H9NS.C3H7NO.C3H7NS.C2H4O.CH5N.8CH4/c1-6(7(2)10(14)15-5)9-12-11-8(3)13(9)4;1-5(6(2)9(13)14)8-11-10-7(3)12(8)4;1-5(7(10)4-9)6(2)8(11)12-3;1-4(6(8)9)5(2)7(10)11-3;2*1-4(5-2)6-3;2*1-3(5)4-2;1-2-3;1-2;;;;;;;;/h6-7H,1-5H3;5-6H,1-4H3,(H,13,14);5-6H,4,9H2,1-3H3;4-5H,1-3H3,(H,8,9);2*1-3H3;2*1-2H3,(H,4,5);2H,1H3;2H2,1H3;8*1H4. The number of ketones is 1. The number of ether oxygens (including phenoxy) is 3. The van der Waals surface area contributed by atoms with E-state index in [2.05, 4.69) is 68.4 Å². The number of carbonyl (C=O) groups is 8. The number of thioether (sulfide) groups is 2. The second-order valence-electron chi connectivity index (χ2n) is 16.3. The maximum absolute atomic E-state index is 11.4. The molecule has 2 rings (SSSR count). The molecule has 8 N–H and O–H groups in total. The van der Waals surface area contributed by atoms with Gasteiger partial charge in [-0.2, -0.15) is 0 Å². The van der Waals surface area contributed by atoms with Gasteiger partial charge in [0.1, 0.15) is 35.4 Å². The van der Waals surface area contributed by atoms with Crippen molar-refractivity contribution in [3.8, 4) is 0 Å². The van der Waals surface area contributed by atoms with Crippen molar-refractivity contribution in [2.24, 2.45) is 71.1 Å². The number of nitrogens with one attached hydrogen (secondary N) is 2. The molecule has 8 unspecified atom stereocenters. The van der Waals surface area contributed by atoms with Crippen LogP contribution in [0, 0.1) is 49.4 Å². The molecule has 0 aliphatic rings. The number of aromatic nitrogens is 6. The number of carbonyl (C=O) groups excluding carboxylic acids is 6. The molecule has 0 spiro atoms. The molecule has 0 saturated carbocycles. The lowest BCUT2D eigenvalue weighted by Gasteiger charge is -2.16. The van der Waals surface area contributed by atoms with Gasteiger partial charge >= 0.3 is 29.8 Å². The first-order valence-electron chi connectivity index (χ1n) is 24.5. The number of aliphatic imine (C=N–C) groups is 2. The van der Waals surface area contributed by atoms with Crippen LogP contribution in [0.2, 0.25) is 0 Å². The van der Waals surface area contributed by atoms with Crippen LogP contribution >= 0.6 is 35.7 Å². The number of nitrogens with two attached hydrogens (primary N) is 2. The van der Waals surface area contributed by atoms with E-state index >= 15 is 0 Å². The number of thiocarbonyl (C=S) groups is 1. The first-order chi connectivity index (χ1) is 36.5. The van der Waals surface area contributed by atoms with E-state index in [0.717, 1.165) is 44.7 Å². The van der Waals surface area contributed by atoms with E-state index < -0.39 is 41.6 Å². The summed E-state index contributed by atoms with van der Waals surface area (Å²) >= 11 is 7.94. The average molecular weight is 1310 g/mol. The van der Waals surface area contributed by atoms with E-state index in [1.54, 1.807) is 65.4 Å². The van der Waals surface area contributed by atoms with Crippen LogP contribution in [-0.2, 0) is 66.7 Å². The van der Waals surface area contributed by atoms with Gasteiger partial charge < -0.3 is 60.5 Å². The highest BCUT2D eigenvalue weighted by molar-refractivity contribution is 8.13. The minimum Gasteiger partial charge on any atom is -0.481 e. The third-order valence-corrected chi connectivity index (χ3v) is 12.9. The average Bonchev–Trinajstić information content (AvgIpc) is 3.97. The molecule has 0 saturated heterocycles. The van der Waals surface area contributed by atoms with Crippen LogP contribution in [0.15, 0.2) is 9.98 Å². The van der Waals surface area contributed by atoms with E-state index in [-0.39, 0.29) is 113 Å². The van der Waals surface area contributed by atoms with Crippen molar-refractivity contribution in [3.05, 3.63) is 23.3 Å². The number of carboxylic acid groups (broad SMARTS) is 2. The number of esters is 3. The Morgan fingerprint density at radius 3 is 0.977 bits per heavy atom. The Balaban J connectivity index is -0.0000000474. The molecule has 1 amide bonds. The molecule has 87 heavy (non-hydrogen) atoms. The molecule has 2 aromatic heterocycles. The number of hydrogen-bond acceptors (Lipinski definition) is 22. The van der Waals surface area contributed by atoms with Gasteiger partial charge in [-0.05, 0) is 61.1 Å². The molecule has 25 nitrogen and oxygen atoms in total. The summed E-state index contributed by atoms with van der Waals surface area (Å²) in [5, 5.41) is 40.7. The predicted octanol–water partition coefficient (Wildman–Crippen LogP) is 10.4. The molecule has 0 aromatic carbocycles. The molecule has 2 aromatic rings. The van der Waals surface area contributed by atoms with Gasteiger partial charge in [0.2, 0.25) is 5.91 Å². The van der Waals surface area contributed by atoms with Crippen LogP contribution in [0.1, 0.15) is 185 Å². The third-order valence-electron chi connectivity index (χ3n) is 11.2. The number of rotatable bonds is 13. The number of methoxy groups -OCH3 is 3. The van der Waals surface area contributed by atoms with Crippen molar-refractivity contribution in [1.29, 1.82) is 0 Å². The Kier molecular flexibility index (Phi) is 108. The maximum atomic E-state index is 11.4. The van der Waals surface area contributed by atoms with Crippen LogP contribution < -0.4 is 22.1 Å². The lowest BCUT2D eigenvalue weighted by atomic mass is 9.92. The molecular formula is C59H132N12O13S3. The smallest absolute Gasteiger partial charge is 0.309 e. The lowest BCUT2D eigenvalue weighted by Crippen LogP contribution is -2.30. The zero-order valence-corrected chi connectivity index (χ0v) is 54.7. The van der Waals surface area contributed by atoms with Gasteiger partial charge in [-0.3, -0.25) is 43.5 Å².